The van der Waals surface area contributed by atoms with Crippen LogP contribution in [-0.2, 0) is 4.79 Å². The van der Waals surface area contributed by atoms with Gasteiger partial charge in [0.15, 0.2) is 11.6 Å². The van der Waals surface area contributed by atoms with Gasteiger partial charge in [0.25, 0.3) is 0 Å². The van der Waals surface area contributed by atoms with E-state index < -0.39 is 0 Å². The van der Waals surface area contributed by atoms with Crippen molar-refractivity contribution in [1.82, 2.24) is 14.8 Å². The number of hydrogen-bond acceptors (Lipinski definition) is 6. The second-order valence-corrected chi connectivity index (χ2v) is 8.94. The normalized spacial score (nSPS) is 21.0. The lowest BCUT2D eigenvalue weighted by Gasteiger charge is -2.37. The van der Waals surface area contributed by atoms with Gasteiger partial charge in [-0.3, -0.25) is 4.79 Å². The van der Waals surface area contributed by atoms with Crippen molar-refractivity contribution in [3.05, 3.63) is 52.4 Å². The summed E-state index contributed by atoms with van der Waals surface area (Å²) in [6.45, 7) is 6.16. The molecule has 0 unspecified atom stereocenters. The van der Waals surface area contributed by atoms with Crippen LogP contribution in [-0.4, -0.2) is 20.5 Å². The average Bonchev–Trinajstić information content (AvgIpc) is 3.31. The molecule has 0 spiro atoms. The van der Waals surface area contributed by atoms with Crippen LogP contribution in [0.3, 0.4) is 0 Å². The number of aryl methyl sites for hydroxylation is 1. The Balaban J connectivity index is 1.69. The number of aromatic nitrogens is 3. The fourth-order valence-electron chi connectivity index (χ4n) is 3.98. The van der Waals surface area contributed by atoms with Crippen LogP contribution in [0, 0.1) is 12.3 Å². The Labute approximate surface area is 160 Å². The van der Waals surface area contributed by atoms with Crippen molar-refractivity contribution in [3.8, 4) is 10.7 Å². The van der Waals surface area contributed by atoms with Gasteiger partial charge in [-0.1, -0.05) is 19.9 Å². The standard InChI is InChI=1S/C20H20N4O2S/c1-11-6-7-14(26-11)17-16-12(9-20(2,3)10-13(16)25)21-19-22-18(23-24(17)19)15-5-4-8-27-15/h4-8,17H,9-10H2,1-3H3,(H,21,22,23)/t17-/m1/s1. The highest BCUT2D eigenvalue weighted by Gasteiger charge is 2.43. The average molecular weight is 380 g/mol. The fraction of sp³-hybridized carbons (Fsp3) is 0.350. The molecule has 138 valence electrons. The Bertz CT molecular complexity index is 1070. The van der Waals surface area contributed by atoms with Crippen LogP contribution in [0.5, 0.6) is 0 Å². The Morgan fingerprint density at radius 2 is 2.15 bits per heavy atom. The second-order valence-electron chi connectivity index (χ2n) is 7.99. The number of fused-ring (bicyclic) bond motifs is 1. The van der Waals surface area contributed by atoms with Crippen LogP contribution < -0.4 is 5.32 Å². The third-order valence-corrected chi connectivity index (χ3v) is 5.97. The minimum atomic E-state index is -0.380. The summed E-state index contributed by atoms with van der Waals surface area (Å²) in [6.07, 6.45) is 1.32. The molecule has 5 rings (SSSR count). The van der Waals surface area contributed by atoms with Gasteiger partial charge in [0.2, 0.25) is 5.95 Å². The van der Waals surface area contributed by atoms with E-state index in [0.717, 1.165) is 34.1 Å². The van der Waals surface area contributed by atoms with E-state index in [9.17, 15) is 4.79 Å². The first-order chi connectivity index (χ1) is 12.9. The Hall–Kier alpha value is -2.67. The molecule has 4 heterocycles. The van der Waals surface area contributed by atoms with Gasteiger partial charge in [-0.15, -0.1) is 16.4 Å². The second kappa shape index (κ2) is 5.66. The van der Waals surface area contributed by atoms with Gasteiger partial charge in [-0.25, -0.2) is 4.68 Å². The predicted molar refractivity (Wildman–Crippen MR) is 104 cm³/mol. The number of carbonyl (C=O) groups excluding carboxylic acids is 1. The summed E-state index contributed by atoms with van der Waals surface area (Å²) in [5.41, 5.74) is 1.61. The number of thiophene rings is 1. The van der Waals surface area contributed by atoms with Crippen LogP contribution in [0.4, 0.5) is 5.95 Å². The van der Waals surface area contributed by atoms with Crippen molar-refractivity contribution >= 4 is 23.1 Å². The quantitative estimate of drug-likeness (QED) is 0.705. The number of nitrogens with zero attached hydrogens (tertiary/aromatic N) is 3. The molecule has 1 aliphatic carbocycles. The molecule has 0 saturated heterocycles. The molecule has 1 N–H and O–H groups in total. The lowest BCUT2D eigenvalue weighted by molar-refractivity contribution is -0.118. The van der Waals surface area contributed by atoms with Crippen LogP contribution >= 0.6 is 11.3 Å². The Morgan fingerprint density at radius 3 is 2.85 bits per heavy atom. The van der Waals surface area contributed by atoms with Crippen molar-refractivity contribution in [3.63, 3.8) is 0 Å². The minimum Gasteiger partial charge on any atom is -0.464 e. The van der Waals surface area contributed by atoms with Gasteiger partial charge < -0.3 is 9.73 Å². The Morgan fingerprint density at radius 1 is 1.30 bits per heavy atom. The number of rotatable bonds is 2. The SMILES string of the molecule is Cc1ccc([C@@H]2C3=C(CC(C)(C)CC3=O)Nc3nc(-c4cccs4)nn32)o1. The highest BCUT2D eigenvalue weighted by molar-refractivity contribution is 7.13. The molecule has 7 heteroatoms. The first-order valence-corrected chi connectivity index (χ1v) is 9.89. The molecular formula is C20H20N4O2S. The van der Waals surface area contributed by atoms with E-state index in [1.807, 2.05) is 36.6 Å². The van der Waals surface area contributed by atoms with E-state index in [-0.39, 0.29) is 17.2 Å². The topological polar surface area (TPSA) is 73.0 Å². The zero-order valence-electron chi connectivity index (χ0n) is 15.4. The Kier molecular flexibility index (Phi) is 3.46. The monoisotopic (exact) mass is 380 g/mol. The molecule has 1 atom stereocenters. The number of anilines is 1. The zero-order valence-corrected chi connectivity index (χ0v) is 16.3. The molecule has 0 saturated carbocycles. The number of ketones is 1. The molecular weight excluding hydrogens is 360 g/mol. The van der Waals surface area contributed by atoms with Crippen molar-refractivity contribution in [2.45, 2.75) is 39.7 Å². The highest BCUT2D eigenvalue weighted by Crippen LogP contribution is 2.46. The minimum absolute atomic E-state index is 0.0781. The molecule has 0 aromatic carbocycles. The van der Waals surface area contributed by atoms with Gasteiger partial charge in [0.1, 0.15) is 17.6 Å². The van der Waals surface area contributed by atoms with Crippen LogP contribution in [0.1, 0.15) is 44.3 Å². The zero-order chi connectivity index (χ0) is 18.8. The largest absolute Gasteiger partial charge is 0.464 e. The number of allylic oxidation sites excluding steroid dienone is 2. The lowest BCUT2D eigenvalue weighted by Crippen LogP contribution is -2.36. The number of Topliss-reactive ketones (excluding diaryl/α,β-unsaturated/α-hetero) is 1. The first-order valence-electron chi connectivity index (χ1n) is 9.01. The summed E-state index contributed by atoms with van der Waals surface area (Å²) < 4.78 is 7.72. The summed E-state index contributed by atoms with van der Waals surface area (Å²) in [4.78, 5) is 18.8. The predicted octanol–water partition coefficient (Wildman–Crippen LogP) is 4.57. The summed E-state index contributed by atoms with van der Waals surface area (Å²) in [5.74, 6) is 2.99. The van der Waals surface area contributed by atoms with Crippen LogP contribution in [0.25, 0.3) is 10.7 Å². The molecule has 3 aromatic rings. The number of nitrogens with one attached hydrogen (secondary N) is 1. The molecule has 0 bridgehead atoms. The molecule has 2 aliphatic rings. The van der Waals surface area contributed by atoms with Gasteiger partial charge >= 0.3 is 0 Å². The molecule has 0 amide bonds. The number of hydrogen-bond donors (Lipinski definition) is 1. The van der Waals surface area contributed by atoms with Crippen molar-refractivity contribution in [2.24, 2.45) is 5.41 Å². The van der Waals surface area contributed by atoms with E-state index >= 15 is 0 Å². The smallest absolute Gasteiger partial charge is 0.227 e. The van der Waals surface area contributed by atoms with Crippen molar-refractivity contribution < 1.29 is 9.21 Å². The van der Waals surface area contributed by atoms with E-state index in [1.54, 1.807) is 16.0 Å². The van der Waals surface area contributed by atoms with Crippen LogP contribution in [0.15, 0.2) is 45.3 Å². The van der Waals surface area contributed by atoms with Crippen molar-refractivity contribution in [2.75, 3.05) is 5.32 Å². The molecule has 1 aliphatic heterocycles. The third kappa shape index (κ3) is 2.65. The molecule has 27 heavy (non-hydrogen) atoms. The van der Waals surface area contributed by atoms with Gasteiger partial charge in [0.05, 0.1) is 4.88 Å². The third-order valence-electron chi connectivity index (χ3n) is 5.10. The lowest BCUT2D eigenvalue weighted by atomic mass is 9.73. The van der Waals surface area contributed by atoms with Gasteiger partial charge in [-0.05, 0) is 42.3 Å². The summed E-state index contributed by atoms with van der Waals surface area (Å²) >= 11 is 1.60. The maximum absolute atomic E-state index is 13.1. The molecule has 3 aromatic heterocycles. The number of furan rings is 1. The van der Waals surface area contributed by atoms with Gasteiger partial charge in [-0.2, -0.15) is 4.98 Å². The summed E-state index contributed by atoms with van der Waals surface area (Å²) in [6, 6.07) is 7.45. The molecule has 0 fully saturated rings. The summed E-state index contributed by atoms with van der Waals surface area (Å²) in [5, 5.41) is 10.1. The van der Waals surface area contributed by atoms with Gasteiger partial charge in [0, 0.05) is 17.7 Å². The maximum atomic E-state index is 13.1. The highest BCUT2D eigenvalue weighted by atomic mass is 32.1. The summed E-state index contributed by atoms with van der Waals surface area (Å²) in [7, 11) is 0. The van der Waals surface area contributed by atoms with E-state index in [2.05, 4.69) is 19.2 Å². The van der Waals surface area contributed by atoms with Crippen LogP contribution in [0.2, 0.25) is 0 Å². The molecule has 0 radical (unpaired) electrons. The van der Waals surface area contributed by atoms with E-state index in [0.29, 0.717) is 18.2 Å². The van der Waals surface area contributed by atoms with E-state index in [4.69, 9.17) is 14.5 Å². The molecule has 6 nitrogen and oxygen atoms in total. The van der Waals surface area contributed by atoms with Crippen molar-refractivity contribution in [1.29, 1.82) is 0 Å². The maximum Gasteiger partial charge on any atom is 0.227 e. The fourth-order valence-corrected chi connectivity index (χ4v) is 4.64. The first kappa shape index (κ1) is 16.5. The van der Waals surface area contributed by atoms with E-state index in [1.165, 1.54) is 0 Å². The number of carbonyl (C=O) groups is 1.